The highest BCUT2D eigenvalue weighted by atomic mass is 19.4. The van der Waals surface area contributed by atoms with Crippen LogP contribution < -0.4 is 0 Å². The molecule has 0 nitrogen and oxygen atoms in total. The predicted molar refractivity (Wildman–Crippen MR) is 84.7 cm³/mol. The molecule has 0 aliphatic rings. The molecule has 0 unspecified atom stereocenters. The molecule has 2 aromatic rings. The third-order valence-electron chi connectivity index (χ3n) is 4.44. The van der Waals surface area contributed by atoms with Gasteiger partial charge in [-0.15, -0.1) is 0 Å². The van der Waals surface area contributed by atoms with Gasteiger partial charge >= 0.3 is 12.4 Å². The molecule has 0 fully saturated rings. The highest BCUT2D eigenvalue weighted by Gasteiger charge is 2.73. The van der Waals surface area contributed by atoms with Gasteiger partial charge in [-0.05, 0) is 49.9 Å². The Morgan fingerprint density at radius 3 is 1.16 bits per heavy atom. The van der Waals surface area contributed by atoms with Gasteiger partial charge in [0.1, 0.15) is 0 Å². The molecule has 6 heteroatoms. The summed E-state index contributed by atoms with van der Waals surface area (Å²) in [6, 6.07) is 7.55. The van der Waals surface area contributed by atoms with Crippen molar-refractivity contribution in [1.82, 2.24) is 0 Å². The number of hydrogen-bond acceptors (Lipinski definition) is 0. The number of benzene rings is 2. The van der Waals surface area contributed by atoms with Crippen molar-refractivity contribution in [2.75, 3.05) is 0 Å². The van der Waals surface area contributed by atoms with Crippen molar-refractivity contribution in [3.63, 3.8) is 0 Å². The average molecular weight is 360 g/mol. The molecule has 0 amide bonds. The molecule has 0 aliphatic carbocycles. The fourth-order valence-corrected chi connectivity index (χ4v) is 3.20. The summed E-state index contributed by atoms with van der Waals surface area (Å²) in [5, 5.41) is 0. The normalized spacial score (nSPS) is 13.2. The standard InChI is InChI=1S/C19H18F6/c1-11-5-7-13(3)15(9-11)17(18(20,21)22,19(23,24)25)16-10-12(2)6-8-14(16)4/h5-10H,1-4H3. The summed E-state index contributed by atoms with van der Waals surface area (Å²) in [6.45, 7) is 5.49. The first-order chi connectivity index (χ1) is 11.3. The van der Waals surface area contributed by atoms with Crippen LogP contribution in [0.15, 0.2) is 36.4 Å². The number of rotatable bonds is 2. The summed E-state index contributed by atoms with van der Waals surface area (Å²) in [5.41, 5.74) is -5.07. The van der Waals surface area contributed by atoms with Crippen LogP contribution in [0.1, 0.15) is 33.4 Å². The number of aryl methyl sites for hydroxylation is 4. The molecule has 0 atom stereocenters. The van der Waals surface area contributed by atoms with Crippen LogP contribution in [0.4, 0.5) is 26.3 Å². The van der Waals surface area contributed by atoms with E-state index in [9.17, 15) is 26.3 Å². The number of halogens is 6. The molecule has 0 heterocycles. The SMILES string of the molecule is Cc1ccc(C)c(C(c2cc(C)ccc2C)(C(F)(F)F)C(F)(F)F)c1. The largest absolute Gasteiger partial charge is 0.411 e. The van der Waals surface area contributed by atoms with Crippen molar-refractivity contribution < 1.29 is 26.3 Å². The van der Waals surface area contributed by atoms with Crippen molar-refractivity contribution >= 4 is 0 Å². The Balaban J connectivity index is 3.08. The zero-order chi connectivity index (χ0) is 19.2. The Hall–Kier alpha value is -1.98. The maximum Gasteiger partial charge on any atom is 0.411 e. The van der Waals surface area contributed by atoms with Crippen molar-refractivity contribution in [1.29, 1.82) is 0 Å². The highest BCUT2D eigenvalue weighted by Crippen LogP contribution is 2.57. The van der Waals surface area contributed by atoms with Gasteiger partial charge in [-0.3, -0.25) is 0 Å². The fraction of sp³-hybridized carbons (Fsp3) is 0.368. The van der Waals surface area contributed by atoms with Gasteiger partial charge in [0, 0.05) is 0 Å². The van der Waals surface area contributed by atoms with E-state index in [4.69, 9.17) is 0 Å². The summed E-state index contributed by atoms with van der Waals surface area (Å²) >= 11 is 0. The quantitative estimate of drug-likeness (QED) is 0.549. The topological polar surface area (TPSA) is 0 Å². The predicted octanol–water partition coefficient (Wildman–Crippen LogP) is 6.33. The number of hydrogen-bond donors (Lipinski definition) is 0. The molecule has 0 radical (unpaired) electrons. The lowest BCUT2D eigenvalue weighted by atomic mass is 9.69. The van der Waals surface area contributed by atoms with Gasteiger partial charge < -0.3 is 0 Å². The summed E-state index contributed by atoms with van der Waals surface area (Å²) in [7, 11) is 0. The Morgan fingerprint density at radius 2 is 0.880 bits per heavy atom. The van der Waals surface area contributed by atoms with E-state index in [0.29, 0.717) is 11.1 Å². The van der Waals surface area contributed by atoms with Crippen molar-refractivity contribution in [2.24, 2.45) is 0 Å². The fourth-order valence-electron chi connectivity index (χ4n) is 3.20. The minimum absolute atomic E-state index is 0.0545. The van der Waals surface area contributed by atoms with Crippen LogP contribution in [0, 0.1) is 27.7 Å². The van der Waals surface area contributed by atoms with Gasteiger partial charge in [0.15, 0.2) is 0 Å². The summed E-state index contributed by atoms with van der Waals surface area (Å²) < 4.78 is 84.9. The molecule has 0 saturated carbocycles. The molecular weight excluding hydrogens is 342 g/mol. The average Bonchev–Trinajstić information content (AvgIpc) is 2.44. The van der Waals surface area contributed by atoms with Gasteiger partial charge in [0.2, 0.25) is 5.41 Å². The second-order valence-electron chi connectivity index (χ2n) is 6.38. The zero-order valence-electron chi connectivity index (χ0n) is 14.2. The molecule has 0 aliphatic heterocycles. The maximum atomic E-state index is 14.1. The Bertz CT molecular complexity index is 716. The van der Waals surface area contributed by atoms with E-state index in [1.807, 2.05) is 0 Å². The molecule has 0 N–H and O–H groups in total. The van der Waals surface area contributed by atoms with Gasteiger partial charge in [0.25, 0.3) is 0 Å². The third kappa shape index (κ3) is 3.02. The molecule has 0 saturated heterocycles. The lowest BCUT2D eigenvalue weighted by Gasteiger charge is -2.40. The molecule has 25 heavy (non-hydrogen) atoms. The first-order valence-corrected chi connectivity index (χ1v) is 7.61. The minimum atomic E-state index is -5.55. The van der Waals surface area contributed by atoms with Crippen molar-refractivity contribution in [2.45, 2.75) is 45.5 Å². The molecule has 0 bridgehead atoms. The second kappa shape index (κ2) is 6.07. The first kappa shape index (κ1) is 19.3. The van der Waals surface area contributed by atoms with Crippen LogP contribution in [-0.4, -0.2) is 12.4 Å². The monoisotopic (exact) mass is 360 g/mol. The Labute approximate surface area is 142 Å². The van der Waals surface area contributed by atoms with Gasteiger partial charge in [-0.25, -0.2) is 0 Å². The smallest absolute Gasteiger partial charge is 0.169 e. The van der Waals surface area contributed by atoms with E-state index < -0.39 is 28.9 Å². The Kier molecular flexibility index (Phi) is 4.70. The second-order valence-corrected chi connectivity index (χ2v) is 6.38. The Morgan fingerprint density at radius 1 is 0.560 bits per heavy atom. The lowest BCUT2D eigenvalue weighted by Crippen LogP contribution is -2.55. The first-order valence-electron chi connectivity index (χ1n) is 7.61. The molecule has 0 aromatic heterocycles. The van der Waals surface area contributed by atoms with Crippen LogP contribution in [0.2, 0.25) is 0 Å². The molecular formula is C19H18F6. The van der Waals surface area contributed by atoms with Gasteiger partial charge in [-0.2, -0.15) is 26.3 Å². The van der Waals surface area contributed by atoms with Crippen LogP contribution in [-0.2, 0) is 5.41 Å². The maximum absolute atomic E-state index is 14.1. The molecule has 2 aromatic carbocycles. The molecule has 0 spiro atoms. The van der Waals surface area contributed by atoms with E-state index in [2.05, 4.69) is 0 Å². The van der Waals surface area contributed by atoms with E-state index in [-0.39, 0.29) is 11.1 Å². The summed E-state index contributed by atoms with van der Waals surface area (Å²) in [6.07, 6.45) is -11.1. The van der Waals surface area contributed by atoms with E-state index >= 15 is 0 Å². The lowest BCUT2D eigenvalue weighted by molar-refractivity contribution is -0.289. The minimum Gasteiger partial charge on any atom is -0.169 e. The molecule has 2 rings (SSSR count). The van der Waals surface area contributed by atoms with Gasteiger partial charge in [0.05, 0.1) is 0 Å². The van der Waals surface area contributed by atoms with Crippen LogP contribution in [0.5, 0.6) is 0 Å². The third-order valence-corrected chi connectivity index (χ3v) is 4.44. The van der Waals surface area contributed by atoms with Crippen LogP contribution in [0.3, 0.4) is 0 Å². The van der Waals surface area contributed by atoms with E-state index in [1.165, 1.54) is 52.0 Å². The van der Waals surface area contributed by atoms with Crippen molar-refractivity contribution in [3.05, 3.63) is 69.8 Å². The van der Waals surface area contributed by atoms with Crippen LogP contribution in [0.25, 0.3) is 0 Å². The highest BCUT2D eigenvalue weighted by molar-refractivity contribution is 5.52. The summed E-state index contributed by atoms with van der Waals surface area (Å²) in [5.74, 6) is 0. The van der Waals surface area contributed by atoms with Crippen LogP contribution >= 0.6 is 0 Å². The zero-order valence-corrected chi connectivity index (χ0v) is 14.2. The number of alkyl halides is 6. The van der Waals surface area contributed by atoms with Gasteiger partial charge in [-0.1, -0.05) is 47.5 Å². The van der Waals surface area contributed by atoms with Crippen molar-refractivity contribution in [3.8, 4) is 0 Å². The summed E-state index contributed by atoms with van der Waals surface area (Å²) in [4.78, 5) is 0. The van der Waals surface area contributed by atoms with E-state index in [0.717, 1.165) is 12.1 Å². The van der Waals surface area contributed by atoms with E-state index in [1.54, 1.807) is 0 Å². The molecule has 136 valence electrons.